The van der Waals surface area contributed by atoms with E-state index in [1.165, 1.54) is 12.8 Å². The predicted molar refractivity (Wildman–Crippen MR) is 62.1 cm³/mol. The van der Waals surface area contributed by atoms with Gasteiger partial charge < -0.3 is 15.3 Å². The van der Waals surface area contributed by atoms with Gasteiger partial charge in [-0.15, -0.1) is 0 Å². The summed E-state index contributed by atoms with van der Waals surface area (Å²) < 4.78 is 0. The third-order valence-electron chi connectivity index (χ3n) is 3.69. The molecular weight excluding hydrogens is 204 g/mol. The molecule has 0 atom stereocenters. The number of amides is 2. The van der Waals surface area contributed by atoms with Gasteiger partial charge >= 0.3 is 6.03 Å². The summed E-state index contributed by atoms with van der Waals surface area (Å²) in [5, 5.41) is 12.0. The number of piperidine rings is 1. The van der Waals surface area contributed by atoms with Crippen LogP contribution in [0.1, 0.15) is 32.1 Å². The van der Waals surface area contributed by atoms with Gasteiger partial charge in [-0.3, -0.25) is 0 Å². The first kappa shape index (κ1) is 11.7. The molecule has 2 aliphatic rings. The second-order valence-electron chi connectivity index (χ2n) is 5.08. The third-order valence-corrected chi connectivity index (χ3v) is 3.69. The van der Waals surface area contributed by atoms with Crippen LogP contribution in [-0.2, 0) is 0 Å². The molecule has 16 heavy (non-hydrogen) atoms. The lowest BCUT2D eigenvalue weighted by molar-refractivity contribution is 0.137. The van der Waals surface area contributed by atoms with E-state index in [1.54, 1.807) is 0 Å². The largest absolute Gasteiger partial charge is 0.396 e. The molecule has 0 aromatic carbocycles. The maximum atomic E-state index is 11.7. The summed E-state index contributed by atoms with van der Waals surface area (Å²) >= 11 is 0. The second-order valence-corrected chi connectivity index (χ2v) is 5.08. The van der Waals surface area contributed by atoms with Crippen LogP contribution in [0.3, 0.4) is 0 Å². The number of aliphatic hydroxyl groups is 1. The molecule has 2 amide bonds. The van der Waals surface area contributed by atoms with E-state index in [4.69, 9.17) is 5.11 Å². The molecule has 1 saturated heterocycles. The van der Waals surface area contributed by atoms with Crippen molar-refractivity contribution in [2.75, 3.05) is 26.2 Å². The van der Waals surface area contributed by atoms with Crippen molar-refractivity contribution in [3.63, 3.8) is 0 Å². The predicted octanol–water partition coefficient (Wildman–Crippen LogP) is 1.20. The van der Waals surface area contributed by atoms with Crippen LogP contribution in [0.2, 0.25) is 0 Å². The SMILES string of the molecule is O=C(NCCC1CC1)N1CCC(CO)CC1. The first-order valence-corrected chi connectivity index (χ1v) is 6.43. The summed E-state index contributed by atoms with van der Waals surface area (Å²) in [6, 6.07) is 0.0806. The molecule has 0 radical (unpaired) electrons. The second kappa shape index (κ2) is 5.53. The number of hydrogen-bond acceptors (Lipinski definition) is 2. The van der Waals surface area contributed by atoms with Crippen LogP contribution in [0, 0.1) is 11.8 Å². The number of aliphatic hydroxyl groups excluding tert-OH is 1. The molecule has 1 saturated carbocycles. The fraction of sp³-hybridized carbons (Fsp3) is 0.917. The molecule has 2 N–H and O–H groups in total. The number of hydrogen-bond donors (Lipinski definition) is 2. The zero-order chi connectivity index (χ0) is 11.4. The Labute approximate surface area is 97.0 Å². The molecule has 0 unspecified atom stereocenters. The Morgan fingerprint density at radius 1 is 1.19 bits per heavy atom. The molecule has 0 aromatic heterocycles. The van der Waals surface area contributed by atoms with Gasteiger partial charge in [0.2, 0.25) is 0 Å². The fourth-order valence-corrected chi connectivity index (χ4v) is 2.22. The van der Waals surface area contributed by atoms with Gasteiger partial charge in [-0.1, -0.05) is 12.8 Å². The van der Waals surface area contributed by atoms with E-state index in [1.807, 2.05) is 4.90 Å². The van der Waals surface area contributed by atoms with Gasteiger partial charge in [-0.2, -0.15) is 0 Å². The van der Waals surface area contributed by atoms with Crippen molar-refractivity contribution in [3.05, 3.63) is 0 Å². The Bertz CT molecular complexity index is 233. The summed E-state index contributed by atoms with van der Waals surface area (Å²) in [6.07, 6.45) is 5.70. The number of nitrogens with zero attached hydrogens (tertiary/aromatic N) is 1. The van der Waals surface area contributed by atoms with E-state index < -0.39 is 0 Å². The number of carbonyl (C=O) groups excluding carboxylic acids is 1. The standard InChI is InChI=1S/C12H22N2O2/c15-9-11-4-7-14(8-5-11)12(16)13-6-3-10-1-2-10/h10-11,15H,1-9H2,(H,13,16). The average molecular weight is 226 g/mol. The van der Waals surface area contributed by atoms with Crippen LogP contribution in [0.25, 0.3) is 0 Å². The molecule has 4 heteroatoms. The molecule has 4 nitrogen and oxygen atoms in total. The van der Waals surface area contributed by atoms with E-state index in [-0.39, 0.29) is 12.6 Å². The summed E-state index contributed by atoms with van der Waals surface area (Å²) in [4.78, 5) is 13.6. The molecule has 92 valence electrons. The van der Waals surface area contributed by atoms with Gasteiger partial charge in [0, 0.05) is 26.2 Å². The molecule has 1 aliphatic carbocycles. The lowest BCUT2D eigenvalue weighted by Crippen LogP contribution is -2.45. The average Bonchev–Trinajstić information content (AvgIpc) is 3.13. The van der Waals surface area contributed by atoms with Crippen LogP contribution < -0.4 is 5.32 Å². The number of rotatable bonds is 4. The number of urea groups is 1. The van der Waals surface area contributed by atoms with Crippen molar-refractivity contribution in [2.45, 2.75) is 32.1 Å². The van der Waals surface area contributed by atoms with E-state index in [2.05, 4.69) is 5.32 Å². The van der Waals surface area contributed by atoms with Gasteiger partial charge in [0.05, 0.1) is 0 Å². The van der Waals surface area contributed by atoms with Crippen molar-refractivity contribution >= 4 is 6.03 Å². The smallest absolute Gasteiger partial charge is 0.317 e. The molecule has 0 spiro atoms. The van der Waals surface area contributed by atoms with Crippen LogP contribution in [-0.4, -0.2) is 42.3 Å². The molecule has 1 heterocycles. The highest BCUT2D eigenvalue weighted by Gasteiger charge is 2.23. The summed E-state index contributed by atoms with van der Waals surface area (Å²) in [7, 11) is 0. The number of nitrogens with one attached hydrogen (secondary N) is 1. The summed E-state index contributed by atoms with van der Waals surface area (Å²) in [6.45, 7) is 2.67. The summed E-state index contributed by atoms with van der Waals surface area (Å²) in [5.41, 5.74) is 0. The Kier molecular flexibility index (Phi) is 4.04. The van der Waals surface area contributed by atoms with E-state index in [0.717, 1.165) is 44.8 Å². The highest BCUT2D eigenvalue weighted by Crippen LogP contribution is 2.31. The van der Waals surface area contributed by atoms with Crippen LogP contribution in [0.15, 0.2) is 0 Å². The first-order valence-electron chi connectivity index (χ1n) is 6.43. The monoisotopic (exact) mass is 226 g/mol. The Hall–Kier alpha value is -0.770. The van der Waals surface area contributed by atoms with Crippen molar-refractivity contribution < 1.29 is 9.90 Å². The highest BCUT2D eigenvalue weighted by molar-refractivity contribution is 5.74. The maximum Gasteiger partial charge on any atom is 0.317 e. The quantitative estimate of drug-likeness (QED) is 0.757. The minimum absolute atomic E-state index is 0.0806. The molecule has 0 bridgehead atoms. The minimum atomic E-state index is 0.0806. The zero-order valence-corrected chi connectivity index (χ0v) is 9.82. The van der Waals surface area contributed by atoms with Crippen molar-refractivity contribution in [1.82, 2.24) is 10.2 Å². The molecular formula is C12H22N2O2. The molecule has 2 fully saturated rings. The van der Waals surface area contributed by atoms with Gasteiger partial charge in [0.15, 0.2) is 0 Å². The minimum Gasteiger partial charge on any atom is -0.396 e. The fourth-order valence-electron chi connectivity index (χ4n) is 2.22. The van der Waals surface area contributed by atoms with E-state index >= 15 is 0 Å². The lowest BCUT2D eigenvalue weighted by Gasteiger charge is -2.31. The number of likely N-dealkylation sites (tertiary alicyclic amines) is 1. The molecule has 0 aromatic rings. The Balaban J connectivity index is 1.61. The Morgan fingerprint density at radius 2 is 1.88 bits per heavy atom. The summed E-state index contributed by atoms with van der Waals surface area (Å²) in [5.74, 6) is 1.27. The highest BCUT2D eigenvalue weighted by atomic mass is 16.3. The zero-order valence-electron chi connectivity index (χ0n) is 9.82. The lowest BCUT2D eigenvalue weighted by atomic mass is 9.98. The van der Waals surface area contributed by atoms with E-state index in [0.29, 0.717) is 5.92 Å². The topological polar surface area (TPSA) is 52.6 Å². The third kappa shape index (κ3) is 3.37. The molecule has 2 rings (SSSR count). The van der Waals surface area contributed by atoms with Gasteiger partial charge in [0.1, 0.15) is 0 Å². The normalized spacial score (nSPS) is 22.2. The van der Waals surface area contributed by atoms with Crippen LogP contribution in [0.4, 0.5) is 4.79 Å². The van der Waals surface area contributed by atoms with Crippen molar-refractivity contribution in [2.24, 2.45) is 11.8 Å². The number of carbonyl (C=O) groups is 1. The molecule has 1 aliphatic heterocycles. The first-order chi connectivity index (χ1) is 7.79. The maximum absolute atomic E-state index is 11.7. The van der Waals surface area contributed by atoms with Crippen LogP contribution >= 0.6 is 0 Å². The van der Waals surface area contributed by atoms with Crippen molar-refractivity contribution in [1.29, 1.82) is 0 Å². The van der Waals surface area contributed by atoms with Crippen molar-refractivity contribution in [3.8, 4) is 0 Å². The van der Waals surface area contributed by atoms with E-state index in [9.17, 15) is 4.79 Å². The van der Waals surface area contributed by atoms with Gasteiger partial charge in [-0.05, 0) is 31.1 Å². The van der Waals surface area contributed by atoms with Gasteiger partial charge in [-0.25, -0.2) is 4.79 Å². The Morgan fingerprint density at radius 3 is 2.44 bits per heavy atom. The van der Waals surface area contributed by atoms with Crippen LogP contribution in [0.5, 0.6) is 0 Å². The van der Waals surface area contributed by atoms with Gasteiger partial charge in [0.25, 0.3) is 0 Å².